The molecule has 2 aromatic carbocycles. The summed E-state index contributed by atoms with van der Waals surface area (Å²) in [6, 6.07) is 15.9. The maximum absolute atomic E-state index is 12.0. The van der Waals surface area contributed by atoms with Gasteiger partial charge in [-0.05, 0) is 49.1 Å². The minimum Gasteiger partial charge on any atom is -0.399 e. The van der Waals surface area contributed by atoms with Crippen LogP contribution in [0.2, 0.25) is 0 Å². The van der Waals surface area contributed by atoms with Crippen molar-refractivity contribution in [1.82, 2.24) is 5.32 Å². The van der Waals surface area contributed by atoms with E-state index in [1.807, 2.05) is 43.3 Å². The van der Waals surface area contributed by atoms with Gasteiger partial charge in [0.25, 0.3) is 0 Å². The number of para-hydroxylation sites is 1. The number of nitrogens with two attached hydrogens (primary N) is 1. The summed E-state index contributed by atoms with van der Waals surface area (Å²) in [6.45, 7) is 2.02. The Labute approximate surface area is 152 Å². The number of carbonyl (C=O) groups is 1. The molecule has 3 nitrogen and oxygen atoms in total. The Morgan fingerprint density at radius 2 is 1.96 bits per heavy atom. The SMILES string of the molecule is CC(Cc1cccc(Br)c1)NC(=O)CCc1ccccc1N.Cl. The van der Waals surface area contributed by atoms with Gasteiger partial charge < -0.3 is 11.1 Å². The van der Waals surface area contributed by atoms with E-state index in [0.29, 0.717) is 12.8 Å². The molecule has 2 rings (SSSR count). The van der Waals surface area contributed by atoms with Crippen LogP contribution in [-0.2, 0) is 17.6 Å². The first-order chi connectivity index (χ1) is 10.5. The zero-order chi connectivity index (χ0) is 15.9. The Kier molecular flexibility index (Phi) is 8.13. The van der Waals surface area contributed by atoms with Gasteiger partial charge in [-0.2, -0.15) is 0 Å². The quantitative estimate of drug-likeness (QED) is 0.720. The predicted octanol–water partition coefficient (Wildman–Crippen LogP) is 4.13. The molecule has 0 heterocycles. The molecule has 0 spiro atoms. The van der Waals surface area contributed by atoms with Crippen molar-refractivity contribution in [3.63, 3.8) is 0 Å². The lowest BCUT2D eigenvalue weighted by molar-refractivity contribution is -0.121. The zero-order valence-electron chi connectivity index (χ0n) is 13.1. The first-order valence-electron chi connectivity index (χ1n) is 7.42. The van der Waals surface area contributed by atoms with E-state index in [1.54, 1.807) is 0 Å². The molecule has 0 saturated heterocycles. The molecule has 0 aliphatic carbocycles. The third kappa shape index (κ3) is 6.63. The highest BCUT2D eigenvalue weighted by Crippen LogP contribution is 2.14. The van der Waals surface area contributed by atoms with Crippen LogP contribution in [-0.4, -0.2) is 11.9 Å². The Bertz CT molecular complexity index is 648. The number of nitrogen functional groups attached to an aromatic ring is 1. The van der Waals surface area contributed by atoms with Crippen LogP contribution in [0.25, 0.3) is 0 Å². The van der Waals surface area contributed by atoms with Crippen LogP contribution in [0.15, 0.2) is 53.0 Å². The highest BCUT2D eigenvalue weighted by Gasteiger charge is 2.09. The monoisotopic (exact) mass is 396 g/mol. The fourth-order valence-corrected chi connectivity index (χ4v) is 2.87. The van der Waals surface area contributed by atoms with Gasteiger partial charge in [-0.15, -0.1) is 12.4 Å². The molecular weight excluding hydrogens is 376 g/mol. The number of benzene rings is 2. The van der Waals surface area contributed by atoms with Crippen molar-refractivity contribution >= 4 is 39.9 Å². The Hall–Kier alpha value is -1.52. The average molecular weight is 398 g/mol. The third-order valence-electron chi connectivity index (χ3n) is 3.51. The Balaban J connectivity index is 0.00000264. The normalized spacial score (nSPS) is 11.4. The smallest absolute Gasteiger partial charge is 0.220 e. The molecule has 0 aliphatic rings. The highest BCUT2D eigenvalue weighted by atomic mass is 79.9. The Morgan fingerprint density at radius 1 is 1.22 bits per heavy atom. The number of rotatable bonds is 6. The molecular formula is C18H22BrClN2O. The summed E-state index contributed by atoms with van der Waals surface area (Å²) in [5, 5.41) is 3.04. The van der Waals surface area contributed by atoms with Gasteiger partial charge in [-0.1, -0.05) is 46.3 Å². The van der Waals surface area contributed by atoms with Gasteiger partial charge in [0.1, 0.15) is 0 Å². The van der Waals surface area contributed by atoms with Crippen LogP contribution < -0.4 is 11.1 Å². The van der Waals surface area contributed by atoms with Crippen molar-refractivity contribution in [2.45, 2.75) is 32.2 Å². The van der Waals surface area contributed by atoms with Crippen LogP contribution in [0.3, 0.4) is 0 Å². The van der Waals surface area contributed by atoms with Crippen molar-refractivity contribution in [2.75, 3.05) is 5.73 Å². The van der Waals surface area contributed by atoms with E-state index in [9.17, 15) is 4.79 Å². The summed E-state index contributed by atoms with van der Waals surface area (Å²) >= 11 is 3.46. The summed E-state index contributed by atoms with van der Waals surface area (Å²) in [5.41, 5.74) is 8.86. The fourth-order valence-electron chi connectivity index (χ4n) is 2.43. The maximum Gasteiger partial charge on any atom is 0.220 e. The molecule has 0 bridgehead atoms. The van der Waals surface area contributed by atoms with Gasteiger partial charge >= 0.3 is 0 Å². The molecule has 0 fully saturated rings. The molecule has 1 atom stereocenters. The standard InChI is InChI=1S/C18H21BrN2O.ClH/c1-13(11-14-5-4-7-16(19)12-14)21-18(22)10-9-15-6-2-3-8-17(15)20;/h2-8,12-13H,9-11,20H2,1H3,(H,21,22);1H. The number of aryl methyl sites for hydroxylation is 1. The number of halogens is 2. The Morgan fingerprint density at radius 3 is 2.65 bits per heavy atom. The molecule has 1 unspecified atom stereocenters. The molecule has 0 saturated carbocycles. The second kappa shape index (κ2) is 9.58. The van der Waals surface area contributed by atoms with Gasteiger partial charge in [0.2, 0.25) is 5.91 Å². The van der Waals surface area contributed by atoms with Crippen LogP contribution in [0.1, 0.15) is 24.5 Å². The van der Waals surface area contributed by atoms with Gasteiger partial charge in [0.15, 0.2) is 0 Å². The van der Waals surface area contributed by atoms with Crippen molar-refractivity contribution in [3.05, 3.63) is 64.1 Å². The van der Waals surface area contributed by atoms with Gasteiger partial charge in [0, 0.05) is 22.6 Å². The van der Waals surface area contributed by atoms with Crippen LogP contribution >= 0.6 is 28.3 Å². The molecule has 0 radical (unpaired) electrons. The van der Waals surface area contributed by atoms with E-state index in [1.165, 1.54) is 5.56 Å². The molecule has 0 aliphatic heterocycles. The number of amides is 1. The minimum atomic E-state index is 0. The number of hydrogen-bond acceptors (Lipinski definition) is 2. The van der Waals surface area contributed by atoms with E-state index in [4.69, 9.17) is 5.73 Å². The summed E-state index contributed by atoms with van der Waals surface area (Å²) in [4.78, 5) is 12.0. The zero-order valence-corrected chi connectivity index (χ0v) is 15.5. The van der Waals surface area contributed by atoms with Crippen molar-refractivity contribution in [1.29, 1.82) is 0 Å². The van der Waals surface area contributed by atoms with Crippen LogP contribution in [0, 0.1) is 0 Å². The second-order valence-corrected chi connectivity index (χ2v) is 6.42. The molecule has 2 aromatic rings. The van der Waals surface area contributed by atoms with E-state index in [-0.39, 0.29) is 24.4 Å². The first kappa shape index (κ1) is 19.5. The molecule has 5 heteroatoms. The molecule has 23 heavy (non-hydrogen) atoms. The molecule has 1 amide bonds. The van der Waals surface area contributed by atoms with E-state index < -0.39 is 0 Å². The number of hydrogen-bond donors (Lipinski definition) is 2. The average Bonchev–Trinajstić information content (AvgIpc) is 2.46. The van der Waals surface area contributed by atoms with Crippen molar-refractivity contribution < 1.29 is 4.79 Å². The summed E-state index contributed by atoms with van der Waals surface area (Å²) in [7, 11) is 0. The summed E-state index contributed by atoms with van der Waals surface area (Å²) in [6.07, 6.45) is 1.94. The number of carbonyl (C=O) groups excluding carboxylic acids is 1. The summed E-state index contributed by atoms with van der Waals surface area (Å²) in [5.74, 6) is 0.0609. The third-order valence-corrected chi connectivity index (χ3v) is 4.01. The minimum absolute atomic E-state index is 0. The molecule has 124 valence electrons. The number of anilines is 1. The van der Waals surface area contributed by atoms with E-state index in [2.05, 4.69) is 33.4 Å². The predicted molar refractivity (Wildman–Crippen MR) is 102 cm³/mol. The van der Waals surface area contributed by atoms with E-state index in [0.717, 1.165) is 22.1 Å². The topological polar surface area (TPSA) is 55.1 Å². The van der Waals surface area contributed by atoms with E-state index >= 15 is 0 Å². The largest absolute Gasteiger partial charge is 0.399 e. The first-order valence-corrected chi connectivity index (χ1v) is 8.21. The van der Waals surface area contributed by atoms with Gasteiger partial charge in [-0.3, -0.25) is 4.79 Å². The lowest BCUT2D eigenvalue weighted by Gasteiger charge is -2.14. The number of nitrogens with one attached hydrogen (secondary N) is 1. The maximum atomic E-state index is 12.0. The fraction of sp³-hybridized carbons (Fsp3) is 0.278. The van der Waals surface area contributed by atoms with Gasteiger partial charge in [-0.25, -0.2) is 0 Å². The van der Waals surface area contributed by atoms with Crippen molar-refractivity contribution in [3.8, 4) is 0 Å². The lowest BCUT2D eigenvalue weighted by atomic mass is 10.1. The highest BCUT2D eigenvalue weighted by molar-refractivity contribution is 9.10. The van der Waals surface area contributed by atoms with Crippen LogP contribution in [0.4, 0.5) is 5.69 Å². The molecule has 3 N–H and O–H groups in total. The van der Waals surface area contributed by atoms with Crippen LogP contribution in [0.5, 0.6) is 0 Å². The second-order valence-electron chi connectivity index (χ2n) is 5.50. The molecule has 0 aromatic heterocycles. The summed E-state index contributed by atoms with van der Waals surface area (Å²) < 4.78 is 1.06. The van der Waals surface area contributed by atoms with Gasteiger partial charge in [0.05, 0.1) is 0 Å². The lowest BCUT2D eigenvalue weighted by Crippen LogP contribution is -2.34. The van der Waals surface area contributed by atoms with Crippen molar-refractivity contribution in [2.24, 2.45) is 0 Å².